The summed E-state index contributed by atoms with van der Waals surface area (Å²) in [5.74, 6) is -2.34. The van der Waals surface area contributed by atoms with Crippen molar-refractivity contribution in [1.29, 1.82) is 10.8 Å². The molecule has 4 N–H and O–H groups in total. The second-order valence-corrected chi connectivity index (χ2v) is 11.3. The first-order valence-electron chi connectivity index (χ1n) is 12.3. The van der Waals surface area contributed by atoms with Crippen LogP contribution in [0.1, 0.15) is 24.5 Å². The number of carbonyl (C=O) groups excluding carboxylic acids is 1. The van der Waals surface area contributed by atoms with Crippen molar-refractivity contribution >= 4 is 74.6 Å². The van der Waals surface area contributed by atoms with Crippen LogP contribution in [0.3, 0.4) is 0 Å². The van der Waals surface area contributed by atoms with Crippen LogP contribution in [-0.2, 0) is 21.4 Å². The Morgan fingerprint density at radius 1 is 0.950 bits per heavy atom. The van der Waals surface area contributed by atoms with Crippen molar-refractivity contribution in [2.75, 3.05) is 41.1 Å². The van der Waals surface area contributed by atoms with Gasteiger partial charge in [-0.25, -0.2) is 8.42 Å². The number of hydrogen-bond donors (Lipinski definition) is 3. The summed E-state index contributed by atoms with van der Waals surface area (Å²) in [6.45, 7) is 4.81. The largest absolute Gasteiger partial charge is 0.549 e. The maximum Gasteiger partial charge on any atom is 0.240 e. The molecule has 1 fully saturated rings. The minimum absolute atomic E-state index is 0. The van der Waals surface area contributed by atoms with Crippen molar-refractivity contribution in [2.45, 2.75) is 19.9 Å². The molecule has 0 aromatic heterocycles. The Bertz CT molecular complexity index is 1480. The number of hydrogen-bond acceptors (Lipinski definition) is 7. The summed E-state index contributed by atoms with van der Waals surface area (Å²) in [5, 5.41) is 28.5. The molecular weight excluding hydrogens is 575 g/mol. The molecule has 10 nitrogen and oxygen atoms in total. The molecule has 1 saturated heterocycles. The van der Waals surface area contributed by atoms with E-state index in [0.717, 1.165) is 53.4 Å². The molecule has 0 atom stereocenters. The summed E-state index contributed by atoms with van der Waals surface area (Å²) >= 11 is 0. The number of benzene rings is 3. The van der Waals surface area contributed by atoms with E-state index in [4.69, 9.17) is 16.6 Å². The molecule has 0 unspecified atom stereocenters. The molecule has 40 heavy (non-hydrogen) atoms. The first-order valence-corrected chi connectivity index (χ1v) is 13.9. The van der Waals surface area contributed by atoms with E-state index in [-0.39, 0.29) is 37.2 Å². The fourth-order valence-electron chi connectivity index (χ4n) is 4.65. The summed E-state index contributed by atoms with van der Waals surface area (Å²) in [6.07, 6.45) is 0.900. The minimum Gasteiger partial charge on any atom is -0.549 e. The zero-order chi connectivity index (χ0) is 27.4. The third kappa shape index (κ3) is 7.77. The predicted molar refractivity (Wildman–Crippen MR) is 163 cm³/mol. The Morgan fingerprint density at radius 3 is 2.25 bits per heavy atom. The molecule has 0 aliphatic carbocycles. The SMILES string of the molecule is CC(=N)N1CCCN(c2ccc(N(Cc3ccc4ccc(C(=N)N)cc4c3)S(=O)(=O)CC(=O)[O-])cc2)CC1.Cl.Cl. The second kappa shape index (κ2) is 13.7. The van der Waals surface area contributed by atoms with Crippen LogP contribution in [0.25, 0.3) is 10.8 Å². The lowest BCUT2D eigenvalue weighted by atomic mass is 10.0. The number of carboxylic acids is 1. The van der Waals surface area contributed by atoms with Crippen LogP contribution in [0.5, 0.6) is 0 Å². The van der Waals surface area contributed by atoms with Gasteiger partial charge in [-0.2, -0.15) is 0 Å². The number of amidine groups is 2. The summed E-state index contributed by atoms with van der Waals surface area (Å²) in [5.41, 5.74) is 8.10. The highest BCUT2D eigenvalue weighted by atomic mass is 35.5. The number of nitrogens with one attached hydrogen (secondary N) is 2. The van der Waals surface area contributed by atoms with E-state index >= 15 is 0 Å². The topological polar surface area (TPSA) is 158 Å². The molecule has 0 saturated carbocycles. The second-order valence-electron chi connectivity index (χ2n) is 9.37. The van der Waals surface area contributed by atoms with Crippen molar-refractivity contribution < 1.29 is 18.3 Å². The lowest BCUT2D eigenvalue weighted by molar-refractivity contribution is -0.301. The summed E-state index contributed by atoms with van der Waals surface area (Å²) < 4.78 is 27.3. The molecule has 1 aliphatic rings. The average molecular weight is 609 g/mol. The molecule has 3 aromatic carbocycles. The standard InChI is InChI=1S/C27H32N6O4S.2ClH/c1-19(28)31-11-2-12-32(14-13-31)24-7-9-25(10-8-24)33(38(36,37)18-26(34)35)17-20-3-4-21-5-6-22(27(29)30)16-23(21)15-20;;/h3-10,15-16,28H,2,11-14,17-18H2,1H3,(H3,29,30)(H,34,35);2*1H/p-1. The average Bonchev–Trinajstić information content (AvgIpc) is 3.13. The fraction of sp³-hybridized carbons (Fsp3) is 0.296. The Kier molecular flexibility index (Phi) is 11.2. The van der Waals surface area contributed by atoms with Crippen LogP contribution in [0.15, 0.2) is 60.7 Å². The van der Waals surface area contributed by atoms with Crippen molar-refractivity contribution in [3.8, 4) is 0 Å². The Morgan fingerprint density at radius 2 is 1.62 bits per heavy atom. The number of carboxylic acid groups (broad SMARTS) is 1. The monoisotopic (exact) mass is 607 g/mol. The summed E-state index contributed by atoms with van der Waals surface area (Å²) in [6, 6.07) is 17.8. The van der Waals surface area contributed by atoms with Gasteiger partial charge in [-0.3, -0.25) is 15.1 Å². The van der Waals surface area contributed by atoms with Gasteiger partial charge in [0.25, 0.3) is 0 Å². The summed E-state index contributed by atoms with van der Waals surface area (Å²) in [4.78, 5) is 15.5. The first kappa shape index (κ1) is 32.7. The van der Waals surface area contributed by atoms with Gasteiger partial charge < -0.3 is 25.4 Å². The molecule has 4 rings (SSSR count). The normalized spacial score (nSPS) is 13.5. The van der Waals surface area contributed by atoms with E-state index in [1.807, 2.05) is 35.2 Å². The molecule has 0 amide bonds. The zero-order valence-corrected chi connectivity index (χ0v) is 24.4. The molecule has 1 aliphatic heterocycles. The summed E-state index contributed by atoms with van der Waals surface area (Å²) in [7, 11) is -4.23. The van der Waals surface area contributed by atoms with Crippen LogP contribution >= 0.6 is 24.8 Å². The molecule has 0 spiro atoms. The number of fused-ring (bicyclic) bond motifs is 1. The highest BCUT2D eigenvalue weighted by molar-refractivity contribution is 7.93. The van der Waals surface area contributed by atoms with Crippen LogP contribution in [-0.4, -0.2) is 62.9 Å². The molecule has 3 aromatic rings. The number of aliphatic carboxylic acids is 1. The smallest absolute Gasteiger partial charge is 0.240 e. The lowest BCUT2D eigenvalue weighted by Gasteiger charge is -2.27. The van der Waals surface area contributed by atoms with E-state index in [2.05, 4.69) is 4.90 Å². The Balaban J connectivity index is 0.00000280. The van der Waals surface area contributed by atoms with Gasteiger partial charge in [0.05, 0.1) is 24.0 Å². The van der Waals surface area contributed by atoms with Crippen LogP contribution in [0, 0.1) is 10.8 Å². The zero-order valence-electron chi connectivity index (χ0n) is 22.0. The number of carbonyl (C=O) groups is 1. The van der Waals surface area contributed by atoms with Crippen LogP contribution in [0.2, 0.25) is 0 Å². The van der Waals surface area contributed by atoms with Gasteiger partial charge >= 0.3 is 0 Å². The number of halogens is 2. The van der Waals surface area contributed by atoms with E-state index in [9.17, 15) is 18.3 Å². The first-order chi connectivity index (χ1) is 18.0. The third-order valence-corrected chi connectivity index (χ3v) is 8.26. The van der Waals surface area contributed by atoms with Gasteiger partial charge in [-0.05, 0) is 66.1 Å². The molecule has 1 heterocycles. The lowest BCUT2D eigenvalue weighted by Crippen LogP contribution is -2.40. The van der Waals surface area contributed by atoms with Gasteiger partial charge in [-0.15, -0.1) is 24.8 Å². The van der Waals surface area contributed by atoms with Crippen molar-refractivity contribution in [1.82, 2.24) is 4.90 Å². The van der Waals surface area contributed by atoms with Gasteiger partial charge in [0.15, 0.2) is 0 Å². The van der Waals surface area contributed by atoms with Gasteiger partial charge in [0.2, 0.25) is 10.0 Å². The molecule has 0 bridgehead atoms. The van der Waals surface area contributed by atoms with E-state index < -0.39 is 21.7 Å². The van der Waals surface area contributed by atoms with Gasteiger partial charge in [0.1, 0.15) is 11.6 Å². The van der Waals surface area contributed by atoms with Crippen LogP contribution in [0.4, 0.5) is 11.4 Å². The number of anilines is 2. The van der Waals surface area contributed by atoms with Crippen LogP contribution < -0.4 is 20.0 Å². The van der Waals surface area contributed by atoms with Gasteiger partial charge in [-0.1, -0.05) is 24.3 Å². The predicted octanol–water partition coefficient (Wildman–Crippen LogP) is 2.56. The van der Waals surface area contributed by atoms with Crippen molar-refractivity contribution in [3.63, 3.8) is 0 Å². The van der Waals surface area contributed by atoms with E-state index in [1.54, 1.807) is 37.3 Å². The quantitative estimate of drug-likeness (QED) is 0.262. The third-order valence-electron chi connectivity index (χ3n) is 6.65. The maximum atomic E-state index is 13.1. The Hall–Kier alpha value is -3.54. The molecule has 216 valence electrons. The van der Waals surface area contributed by atoms with E-state index in [1.165, 1.54) is 0 Å². The maximum absolute atomic E-state index is 13.1. The molecule has 13 heteroatoms. The van der Waals surface area contributed by atoms with E-state index in [0.29, 0.717) is 22.6 Å². The highest BCUT2D eigenvalue weighted by Crippen LogP contribution is 2.27. The Labute approximate surface area is 246 Å². The number of nitrogens with two attached hydrogens (primary N) is 1. The fourth-order valence-corrected chi connectivity index (χ4v) is 5.89. The highest BCUT2D eigenvalue weighted by Gasteiger charge is 2.24. The minimum atomic E-state index is -4.23. The number of nitrogen functional groups attached to an aromatic ring is 1. The number of sulfonamides is 1. The number of nitrogens with zero attached hydrogens (tertiary/aromatic N) is 3. The molecular formula is C27H33Cl2N6O4S-. The van der Waals surface area contributed by atoms with Crippen molar-refractivity contribution in [3.05, 3.63) is 71.8 Å². The van der Waals surface area contributed by atoms with Gasteiger partial charge in [0, 0.05) is 37.4 Å². The number of rotatable bonds is 8. The molecule has 0 radical (unpaired) electrons. The van der Waals surface area contributed by atoms with Crippen molar-refractivity contribution in [2.24, 2.45) is 5.73 Å².